The molecule has 1 aromatic heterocycles. The molecule has 0 unspecified atom stereocenters. The maximum Gasteiger partial charge on any atom is 0.191 e. The van der Waals surface area contributed by atoms with Gasteiger partial charge in [-0.25, -0.2) is 0 Å². The van der Waals surface area contributed by atoms with Gasteiger partial charge in [-0.3, -0.25) is 9.56 Å². The van der Waals surface area contributed by atoms with Crippen LogP contribution in [0.25, 0.3) is 5.69 Å². The minimum atomic E-state index is 0. The zero-order valence-corrected chi connectivity index (χ0v) is 18.0. The third-order valence-electron chi connectivity index (χ3n) is 3.67. The van der Waals surface area contributed by atoms with E-state index in [0.29, 0.717) is 25.6 Å². The first kappa shape index (κ1) is 22.4. The summed E-state index contributed by atoms with van der Waals surface area (Å²) in [5.41, 5.74) is 1.03. The van der Waals surface area contributed by atoms with Crippen LogP contribution in [0.5, 0.6) is 0 Å². The molecule has 0 saturated carbocycles. The van der Waals surface area contributed by atoms with Gasteiger partial charge in [-0.2, -0.15) is 0 Å². The fourth-order valence-electron chi connectivity index (χ4n) is 2.23. The van der Waals surface area contributed by atoms with Crippen molar-refractivity contribution in [1.82, 2.24) is 25.4 Å². The Kier molecular flexibility index (Phi) is 10.9. The normalized spacial score (nSPS) is 11.3. The second-order valence-electron chi connectivity index (χ2n) is 6.10. The van der Waals surface area contributed by atoms with Crippen molar-refractivity contribution in [1.29, 1.82) is 0 Å². The molecule has 0 amide bonds. The van der Waals surface area contributed by atoms with Crippen molar-refractivity contribution >= 4 is 29.9 Å². The maximum absolute atomic E-state index is 5.59. The standard InChI is InChI=1S/C18H28N6O.HI/c1-15(2)9-11-25-12-10-20-18(19-3)21-13-17-23-22-14-24(17)16-7-5-4-6-8-16;/h4-8,14-15H,9-13H2,1-3H3,(H2,19,20,21);1H. The summed E-state index contributed by atoms with van der Waals surface area (Å²) in [7, 11) is 1.75. The fraction of sp³-hybridized carbons (Fsp3) is 0.500. The molecule has 0 radical (unpaired) electrons. The van der Waals surface area contributed by atoms with E-state index < -0.39 is 0 Å². The highest BCUT2D eigenvalue weighted by Crippen LogP contribution is 2.08. The lowest BCUT2D eigenvalue weighted by molar-refractivity contribution is 0.128. The summed E-state index contributed by atoms with van der Waals surface area (Å²) in [5.74, 6) is 2.21. The molecule has 0 aliphatic carbocycles. The molecule has 2 aromatic rings. The fourth-order valence-corrected chi connectivity index (χ4v) is 2.23. The van der Waals surface area contributed by atoms with Crippen molar-refractivity contribution in [3.63, 3.8) is 0 Å². The number of aliphatic imine (C=N–C) groups is 1. The molecule has 0 atom stereocenters. The number of hydrogen-bond donors (Lipinski definition) is 2. The van der Waals surface area contributed by atoms with E-state index in [9.17, 15) is 0 Å². The summed E-state index contributed by atoms with van der Waals surface area (Å²) in [6.07, 6.45) is 2.80. The summed E-state index contributed by atoms with van der Waals surface area (Å²) >= 11 is 0. The lowest BCUT2D eigenvalue weighted by Gasteiger charge is -2.13. The second-order valence-corrected chi connectivity index (χ2v) is 6.10. The van der Waals surface area contributed by atoms with Crippen LogP contribution in [0, 0.1) is 5.92 Å². The van der Waals surface area contributed by atoms with Gasteiger partial charge in [0, 0.05) is 25.9 Å². The van der Waals surface area contributed by atoms with Crippen LogP contribution in [0.1, 0.15) is 26.1 Å². The van der Waals surface area contributed by atoms with E-state index in [0.717, 1.165) is 30.5 Å². The number of benzene rings is 1. The van der Waals surface area contributed by atoms with Crippen molar-refractivity contribution < 1.29 is 4.74 Å². The van der Waals surface area contributed by atoms with E-state index in [4.69, 9.17) is 4.74 Å². The number of para-hydroxylation sites is 1. The Labute approximate surface area is 172 Å². The Balaban J connectivity index is 0.00000338. The minimum Gasteiger partial charge on any atom is -0.380 e. The largest absolute Gasteiger partial charge is 0.380 e. The van der Waals surface area contributed by atoms with Crippen LogP contribution in [-0.2, 0) is 11.3 Å². The van der Waals surface area contributed by atoms with Crippen LogP contribution in [0.3, 0.4) is 0 Å². The van der Waals surface area contributed by atoms with E-state index in [1.807, 2.05) is 34.9 Å². The molecule has 1 aromatic carbocycles. The van der Waals surface area contributed by atoms with Crippen molar-refractivity contribution in [2.24, 2.45) is 10.9 Å². The number of nitrogens with zero attached hydrogens (tertiary/aromatic N) is 4. The lowest BCUT2D eigenvalue weighted by Crippen LogP contribution is -2.39. The number of ether oxygens (including phenoxy) is 1. The number of rotatable bonds is 9. The van der Waals surface area contributed by atoms with Crippen molar-refractivity contribution in [2.45, 2.75) is 26.8 Å². The Morgan fingerprint density at radius 3 is 2.65 bits per heavy atom. The molecule has 7 nitrogen and oxygen atoms in total. The van der Waals surface area contributed by atoms with Gasteiger partial charge in [0.25, 0.3) is 0 Å². The molecule has 0 spiro atoms. The molecule has 8 heteroatoms. The van der Waals surface area contributed by atoms with Crippen molar-refractivity contribution in [2.75, 3.05) is 26.8 Å². The Hall–Kier alpha value is -1.68. The summed E-state index contributed by atoms with van der Waals surface area (Å²) in [5, 5.41) is 14.7. The van der Waals surface area contributed by atoms with Crippen LogP contribution < -0.4 is 10.6 Å². The van der Waals surface area contributed by atoms with Crippen LogP contribution >= 0.6 is 24.0 Å². The van der Waals surface area contributed by atoms with Gasteiger partial charge < -0.3 is 15.4 Å². The SMILES string of the molecule is CN=C(NCCOCCC(C)C)NCc1nncn1-c1ccccc1.I. The Bertz CT molecular complexity index is 644. The molecule has 0 saturated heterocycles. The van der Waals surface area contributed by atoms with Crippen LogP contribution in [0.15, 0.2) is 41.7 Å². The summed E-state index contributed by atoms with van der Waals surface area (Å²) in [6, 6.07) is 10.0. The highest BCUT2D eigenvalue weighted by atomic mass is 127. The molecule has 0 bridgehead atoms. The predicted molar refractivity (Wildman–Crippen MR) is 115 cm³/mol. The van der Waals surface area contributed by atoms with Gasteiger partial charge >= 0.3 is 0 Å². The highest BCUT2D eigenvalue weighted by molar-refractivity contribution is 14.0. The average Bonchev–Trinajstić information content (AvgIpc) is 3.09. The zero-order valence-electron chi connectivity index (χ0n) is 15.7. The Morgan fingerprint density at radius 1 is 1.19 bits per heavy atom. The van der Waals surface area contributed by atoms with Crippen LogP contribution in [0.2, 0.25) is 0 Å². The number of hydrogen-bond acceptors (Lipinski definition) is 4. The van der Waals surface area contributed by atoms with E-state index >= 15 is 0 Å². The summed E-state index contributed by atoms with van der Waals surface area (Å²) in [4.78, 5) is 4.22. The molecule has 0 fully saturated rings. The first-order chi connectivity index (χ1) is 12.2. The topological polar surface area (TPSA) is 76.4 Å². The number of nitrogens with one attached hydrogen (secondary N) is 2. The van der Waals surface area contributed by atoms with Gasteiger partial charge in [0.1, 0.15) is 6.33 Å². The van der Waals surface area contributed by atoms with Gasteiger partial charge in [0.05, 0.1) is 13.2 Å². The molecule has 2 N–H and O–H groups in total. The number of guanidine groups is 1. The molecule has 2 rings (SSSR count). The van der Waals surface area contributed by atoms with E-state index in [2.05, 4.69) is 39.7 Å². The predicted octanol–water partition coefficient (Wildman–Crippen LogP) is 2.61. The summed E-state index contributed by atoms with van der Waals surface area (Å²) < 4.78 is 7.55. The number of aromatic nitrogens is 3. The first-order valence-electron chi connectivity index (χ1n) is 8.67. The summed E-state index contributed by atoms with van der Waals surface area (Å²) in [6.45, 7) is 7.09. The van der Waals surface area contributed by atoms with Crippen molar-refractivity contribution in [3.8, 4) is 5.69 Å². The molecule has 0 aliphatic rings. The average molecular weight is 472 g/mol. The van der Waals surface area contributed by atoms with Crippen molar-refractivity contribution in [3.05, 3.63) is 42.5 Å². The van der Waals surface area contributed by atoms with Gasteiger partial charge in [-0.05, 0) is 24.5 Å². The molecular formula is C18H29IN6O. The second kappa shape index (κ2) is 12.6. The van der Waals surface area contributed by atoms with Gasteiger partial charge in [-0.15, -0.1) is 34.2 Å². The third kappa shape index (κ3) is 7.69. The first-order valence-corrected chi connectivity index (χ1v) is 8.67. The zero-order chi connectivity index (χ0) is 17.9. The number of halogens is 1. The lowest BCUT2D eigenvalue weighted by atomic mass is 10.1. The molecule has 1 heterocycles. The van der Waals surface area contributed by atoms with Gasteiger partial charge in [0.15, 0.2) is 11.8 Å². The minimum absolute atomic E-state index is 0. The van der Waals surface area contributed by atoms with Gasteiger partial charge in [-0.1, -0.05) is 32.0 Å². The maximum atomic E-state index is 5.59. The van der Waals surface area contributed by atoms with E-state index in [1.54, 1.807) is 13.4 Å². The monoisotopic (exact) mass is 472 g/mol. The quantitative estimate of drug-likeness (QED) is 0.254. The molecule has 144 valence electrons. The van der Waals surface area contributed by atoms with E-state index in [1.165, 1.54) is 0 Å². The molecule has 26 heavy (non-hydrogen) atoms. The van der Waals surface area contributed by atoms with Crippen LogP contribution in [0.4, 0.5) is 0 Å². The van der Waals surface area contributed by atoms with Gasteiger partial charge in [0.2, 0.25) is 0 Å². The third-order valence-corrected chi connectivity index (χ3v) is 3.67. The van der Waals surface area contributed by atoms with E-state index in [-0.39, 0.29) is 24.0 Å². The molecular weight excluding hydrogens is 443 g/mol. The van der Waals surface area contributed by atoms with Crippen LogP contribution in [-0.4, -0.2) is 47.5 Å². The smallest absolute Gasteiger partial charge is 0.191 e. The Morgan fingerprint density at radius 2 is 1.96 bits per heavy atom. The highest BCUT2D eigenvalue weighted by Gasteiger charge is 2.07. The molecule has 0 aliphatic heterocycles.